The number of carbonyl (C=O) groups excluding carboxylic acids is 4. The molecule has 9 rings (SSSR count). The van der Waals surface area contributed by atoms with Crippen molar-refractivity contribution in [3.8, 4) is 11.4 Å². The second-order valence-corrected chi connectivity index (χ2v) is 14.6. The van der Waals surface area contributed by atoms with Gasteiger partial charge in [-0.1, -0.05) is 18.2 Å². The minimum atomic E-state index is -1.34. The summed E-state index contributed by atoms with van der Waals surface area (Å²) in [6, 6.07) is 20.3. The molecule has 15 nitrogen and oxygen atoms in total. The number of anilines is 3. The fraction of sp³-hybridized carbons (Fsp3) is 0.325. The predicted octanol–water partition coefficient (Wildman–Crippen LogP) is 3.23. The minimum Gasteiger partial charge on any atom is -0.372 e. The summed E-state index contributed by atoms with van der Waals surface area (Å²) in [4.78, 5) is 68.1. The van der Waals surface area contributed by atoms with Crippen molar-refractivity contribution in [1.29, 1.82) is 0 Å². The molecule has 3 atom stereocenters. The van der Waals surface area contributed by atoms with Gasteiger partial charge in [-0.25, -0.2) is 18.9 Å². The van der Waals surface area contributed by atoms with Crippen LogP contribution in [0.4, 0.5) is 21.7 Å². The van der Waals surface area contributed by atoms with Gasteiger partial charge in [0.25, 0.3) is 11.8 Å². The van der Waals surface area contributed by atoms with Crippen molar-refractivity contribution in [2.45, 2.75) is 44.0 Å². The highest BCUT2D eigenvalue weighted by molar-refractivity contribution is 6.22. The molecule has 2 unspecified atom stereocenters. The number of halogens is 1. The number of benzene rings is 2. The van der Waals surface area contributed by atoms with E-state index in [-0.39, 0.29) is 54.2 Å². The molecule has 16 heteroatoms. The number of hydrogen-bond acceptors (Lipinski definition) is 11. The molecule has 0 aliphatic carbocycles. The normalized spacial score (nSPS) is 21.5. The van der Waals surface area contributed by atoms with Crippen LogP contribution in [-0.4, -0.2) is 110 Å². The number of aliphatic hydroxyl groups is 1. The van der Waals surface area contributed by atoms with E-state index in [1.54, 1.807) is 24.4 Å². The average molecular weight is 759 g/mol. The molecule has 286 valence electrons. The van der Waals surface area contributed by atoms with Gasteiger partial charge >= 0.3 is 0 Å². The lowest BCUT2D eigenvalue weighted by molar-refractivity contribution is -0.129. The number of imide groups is 1. The molecule has 0 spiro atoms. The molecule has 0 saturated carbocycles. The average Bonchev–Trinajstić information content (AvgIpc) is 3.92. The Morgan fingerprint density at radius 3 is 2.54 bits per heavy atom. The van der Waals surface area contributed by atoms with E-state index in [2.05, 4.69) is 25.4 Å². The molecule has 3 aromatic heterocycles. The van der Waals surface area contributed by atoms with Gasteiger partial charge < -0.3 is 25.5 Å². The Morgan fingerprint density at radius 2 is 1.71 bits per heavy atom. The van der Waals surface area contributed by atoms with E-state index in [9.17, 15) is 28.7 Å². The lowest BCUT2D eigenvalue weighted by Crippen LogP contribution is -2.57. The summed E-state index contributed by atoms with van der Waals surface area (Å²) >= 11 is 0. The molecule has 5 aromatic rings. The number of carbonyl (C=O) groups is 4. The van der Waals surface area contributed by atoms with Crippen LogP contribution < -0.4 is 20.4 Å². The zero-order valence-electron chi connectivity index (χ0n) is 30.3. The van der Waals surface area contributed by atoms with Crippen molar-refractivity contribution in [3.05, 3.63) is 102 Å². The summed E-state index contributed by atoms with van der Waals surface area (Å²) < 4.78 is 15.9. The maximum atomic E-state index is 14.1. The molecule has 56 heavy (non-hydrogen) atoms. The smallest absolute Gasteiger partial charge is 0.262 e. The van der Waals surface area contributed by atoms with Gasteiger partial charge in [-0.05, 0) is 79.4 Å². The van der Waals surface area contributed by atoms with E-state index in [0.717, 1.165) is 52.9 Å². The number of piperazine rings is 1. The Kier molecular flexibility index (Phi) is 9.13. The summed E-state index contributed by atoms with van der Waals surface area (Å²) in [5.74, 6) is -0.365. The number of aliphatic hydroxyl groups excluding tert-OH is 1. The van der Waals surface area contributed by atoms with Crippen molar-refractivity contribution in [2.75, 3.05) is 54.4 Å². The van der Waals surface area contributed by atoms with Crippen LogP contribution >= 0.6 is 0 Å². The van der Waals surface area contributed by atoms with Gasteiger partial charge in [-0.3, -0.25) is 29.0 Å². The second kappa shape index (κ2) is 14.4. The van der Waals surface area contributed by atoms with Crippen molar-refractivity contribution in [2.24, 2.45) is 0 Å². The van der Waals surface area contributed by atoms with Crippen LogP contribution in [0.25, 0.3) is 17.0 Å². The Bertz CT molecular complexity index is 2380. The van der Waals surface area contributed by atoms with E-state index < -0.39 is 24.1 Å². The maximum Gasteiger partial charge on any atom is 0.262 e. The molecule has 7 heterocycles. The summed E-state index contributed by atoms with van der Waals surface area (Å²) in [6.45, 7) is 3.49. The second-order valence-electron chi connectivity index (χ2n) is 14.6. The number of aromatic nitrogens is 4. The number of piperidine rings is 1. The number of nitrogens with zero attached hydrogens (tertiary/aromatic N) is 8. The van der Waals surface area contributed by atoms with Crippen LogP contribution in [0.15, 0.2) is 79.0 Å². The van der Waals surface area contributed by atoms with Crippen LogP contribution in [0.1, 0.15) is 58.0 Å². The molecular weight excluding hydrogens is 720 g/mol. The third kappa shape index (κ3) is 6.60. The summed E-state index contributed by atoms with van der Waals surface area (Å²) in [5, 5.41) is 20.5. The molecule has 4 aliphatic rings. The van der Waals surface area contributed by atoms with Gasteiger partial charge in [0.1, 0.15) is 29.4 Å². The van der Waals surface area contributed by atoms with Gasteiger partial charge in [0, 0.05) is 44.8 Å². The first-order valence-corrected chi connectivity index (χ1v) is 18.8. The minimum absolute atomic E-state index is 0.0351. The van der Waals surface area contributed by atoms with Crippen LogP contribution in [0.5, 0.6) is 0 Å². The highest BCUT2D eigenvalue weighted by atomic mass is 19.1. The Hall–Kier alpha value is -6.26. The highest BCUT2D eigenvalue weighted by Crippen LogP contribution is 2.36. The number of amides is 4. The van der Waals surface area contributed by atoms with Crippen molar-refractivity contribution in [1.82, 2.24) is 34.7 Å². The molecular formula is C40H39FN10O5. The standard InChI is InChI=1S/C40H39FN10O5/c41-25-5-1-4-24(20-25)30-7-3-15-49(30)35-13-12-33-42-22-32(51(33)46-35)29-6-2-8-34(44-29)48-18-16-47(17-19-48)23-37(53)43-26-9-10-27-28(21-26)40(56)50(39(27)55)31-11-14-36(52)45-38(31)54/h1-2,4-6,8-10,12-13,20-22,30-31,38,54H,3,7,11,14-19,23H2,(H,43,53)(H,45,52)/t30-,31?,38?/m1/s1. The summed E-state index contributed by atoms with van der Waals surface area (Å²) in [5.41, 5.74) is 3.82. The van der Waals surface area contributed by atoms with E-state index in [1.807, 2.05) is 45.8 Å². The molecule has 3 N–H and O–H groups in total. The molecule has 3 fully saturated rings. The van der Waals surface area contributed by atoms with E-state index in [4.69, 9.17) is 10.1 Å². The van der Waals surface area contributed by atoms with Gasteiger partial charge in [-0.15, -0.1) is 5.10 Å². The van der Waals surface area contributed by atoms with Gasteiger partial charge in [0.2, 0.25) is 11.8 Å². The number of imidazole rings is 1. The third-order valence-electron chi connectivity index (χ3n) is 11.1. The first-order chi connectivity index (χ1) is 27.2. The quantitative estimate of drug-likeness (QED) is 0.199. The van der Waals surface area contributed by atoms with Crippen LogP contribution in [0, 0.1) is 5.82 Å². The maximum absolute atomic E-state index is 14.1. The number of pyridine rings is 1. The highest BCUT2D eigenvalue weighted by Gasteiger charge is 2.44. The van der Waals surface area contributed by atoms with Crippen LogP contribution in [-0.2, 0) is 9.59 Å². The van der Waals surface area contributed by atoms with Gasteiger partial charge in [0.05, 0.1) is 41.6 Å². The van der Waals surface area contributed by atoms with Crippen LogP contribution in [0.3, 0.4) is 0 Å². The summed E-state index contributed by atoms with van der Waals surface area (Å²) in [6.07, 6.45) is 2.59. The SMILES string of the molecule is O=C(CN1CCN(c2cccc(-c3cnc4ccc(N5CCC[C@@H]5c5cccc(F)c5)nn34)n2)CC1)Nc1ccc2c(c1)C(=O)N(C1CCC(=O)NC1O)C2=O. The van der Waals surface area contributed by atoms with Gasteiger partial charge in [-0.2, -0.15) is 0 Å². The molecule has 0 bridgehead atoms. The zero-order valence-corrected chi connectivity index (χ0v) is 30.3. The van der Waals surface area contributed by atoms with E-state index >= 15 is 0 Å². The number of rotatable bonds is 8. The van der Waals surface area contributed by atoms with E-state index in [1.165, 1.54) is 18.2 Å². The third-order valence-corrected chi connectivity index (χ3v) is 11.1. The zero-order chi connectivity index (χ0) is 38.5. The van der Waals surface area contributed by atoms with Crippen LogP contribution in [0.2, 0.25) is 0 Å². The molecule has 4 aliphatic heterocycles. The van der Waals surface area contributed by atoms with E-state index in [0.29, 0.717) is 37.5 Å². The number of fused-ring (bicyclic) bond motifs is 2. The Labute approximate surface area is 320 Å². The molecule has 4 amide bonds. The van der Waals surface area contributed by atoms with Crippen molar-refractivity contribution < 1.29 is 28.7 Å². The first kappa shape index (κ1) is 35.4. The molecule has 3 saturated heterocycles. The lowest BCUT2D eigenvalue weighted by Gasteiger charge is -2.35. The first-order valence-electron chi connectivity index (χ1n) is 18.8. The Balaban J connectivity index is 0.828. The molecule has 2 aromatic carbocycles. The topological polar surface area (TPSA) is 169 Å². The fourth-order valence-electron chi connectivity index (χ4n) is 8.25. The Morgan fingerprint density at radius 1 is 0.893 bits per heavy atom. The number of hydrogen-bond donors (Lipinski definition) is 3. The fourth-order valence-corrected chi connectivity index (χ4v) is 8.25. The monoisotopic (exact) mass is 758 g/mol. The number of nitrogens with one attached hydrogen (secondary N) is 2. The van der Waals surface area contributed by atoms with Gasteiger partial charge in [0.15, 0.2) is 5.65 Å². The lowest BCUT2D eigenvalue weighted by atomic mass is 10.0. The summed E-state index contributed by atoms with van der Waals surface area (Å²) in [7, 11) is 0. The molecule has 0 radical (unpaired) electrons. The predicted molar refractivity (Wildman–Crippen MR) is 203 cm³/mol. The van der Waals surface area contributed by atoms with Crippen molar-refractivity contribution in [3.63, 3.8) is 0 Å². The largest absolute Gasteiger partial charge is 0.372 e. The van der Waals surface area contributed by atoms with Crippen molar-refractivity contribution >= 4 is 46.6 Å².